The second-order valence-electron chi connectivity index (χ2n) is 9.29. The zero-order valence-corrected chi connectivity index (χ0v) is 17.2. The molecular formula is C22H28N2O4. The van der Waals surface area contributed by atoms with Crippen LogP contribution in [0.25, 0.3) is 11.3 Å². The van der Waals surface area contributed by atoms with E-state index in [9.17, 15) is 4.79 Å². The third-order valence-electron chi connectivity index (χ3n) is 6.07. The van der Waals surface area contributed by atoms with Crippen molar-refractivity contribution in [3.8, 4) is 22.8 Å². The topological polar surface area (TPSA) is 64.8 Å². The van der Waals surface area contributed by atoms with Crippen molar-refractivity contribution in [2.24, 2.45) is 10.8 Å². The first-order chi connectivity index (χ1) is 13.2. The number of rotatable bonds is 4. The normalized spacial score (nSPS) is 25.6. The van der Waals surface area contributed by atoms with E-state index in [0.717, 1.165) is 31.4 Å². The highest BCUT2D eigenvalue weighted by Crippen LogP contribution is 2.52. The number of fused-ring (bicyclic) bond motifs is 2. The average Bonchev–Trinajstić information content (AvgIpc) is 3.22. The minimum Gasteiger partial charge on any atom is -0.493 e. The monoisotopic (exact) mass is 384 g/mol. The molecule has 1 saturated carbocycles. The van der Waals surface area contributed by atoms with Gasteiger partial charge in [-0.3, -0.25) is 4.79 Å². The third-order valence-corrected chi connectivity index (χ3v) is 6.07. The number of benzene rings is 1. The lowest BCUT2D eigenvalue weighted by molar-refractivity contribution is 0.0698. The van der Waals surface area contributed by atoms with E-state index in [1.54, 1.807) is 20.3 Å². The molecule has 1 aliphatic heterocycles. The van der Waals surface area contributed by atoms with Gasteiger partial charge in [-0.05, 0) is 48.3 Å². The van der Waals surface area contributed by atoms with Crippen LogP contribution in [0.5, 0.6) is 11.5 Å². The Labute approximate surface area is 165 Å². The summed E-state index contributed by atoms with van der Waals surface area (Å²) in [5.74, 6) is 1.75. The van der Waals surface area contributed by atoms with Crippen LogP contribution in [0.3, 0.4) is 0 Å². The van der Waals surface area contributed by atoms with E-state index >= 15 is 0 Å². The Bertz CT molecular complexity index is 904. The highest BCUT2D eigenvalue weighted by Gasteiger charge is 2.51. The molecule has 2 fully saturated rings. The Morgan fingerprint density at radius 1 is 1.14 bits per heavy atom. The molecule has 0 unspecified atom stereocenters. The molecule has 0 N–H and O–H groups in total. The highest BCUT2D eigenvalue weighted by atomic mass is 16.5. The molecule has 2 aliphatic rings. The Balaban J connectivity index is 1.57. The Kier molecular flexibility index (Phi) is 4.40. The lowest BCUT2D eigenvalue weighted by atomic mass is 9.65. The summed E-state index contributed by atoms with van der Waals surface area (Å²) in [6, 6.07) is 7.49. The van der Waals surface area contributed by atoms with Crippen LogP contribution in [-0.2, 0) is 0 Å². The number of hydrogen-bond donors (Lipinski definition) is 0. The maximum atomic E-state index is 13.2. The summed E-state index contributed by atoms with van der Waals surface area (Å²) < 4.78 is 16.1. The van der Waals surface area contributed by atoms with E-state index in [1.807, 2.05) is 23.1 Å². The van der Waals surface area contributed by atoms with Crippen molar-refractivity contribution < 1.29 is 18.8 Å². The fourth-order valence-electron chi connectivity index (χ4n) is 5.35. The molecule has 1 aliphatic carbocycles. The molecule has 0 radical (unpaired) electrons. The number of ether oxygens (including phenoxy) is 2. The number of amides is 1. The summed E-state index contributed by atoms with van der Waals surface area (Å²) in [6.45, 7) is 7.69. The van der Waals surface area contributed by atoms with Gasteiger partial charge in [-0.15, -0.1) is 0 Å². The van der Waals surface area contributed by atoms with Gasteiger partial charge < -0.3 is 18.9 Å². The van der Waals surface area contributed by atoms with Crippen LogP contribution in [-0.4, -0.2) is 42.8 Å². The van der Waals surface area contributed by atoms with E-state index in [1.165, 1.54) is 0 Å². The van der Waals surface area contributed by atoms with E-state index in [0.29, 0.717) is 23.0 Å². The van der Waals surface area contributed by atoms with Gasteiger partial charge in [0.15, 0.2) is 23.0 Å². The van der Waals surface area contributed by atoms with Crippen molar-refractivity contribution in [1.82, 2.24) is 10.1 Å². The molecule has 2 heterocycles. The van der Waals surface area contributed by atoms with Crippen molar-refractivity contribution in [1.29, 1.82) is 0 Å². The van der Waals surface area contributed by atoms with Crippen molar-refractivity contribution in [3.05, 3.63) is 30.0 Å². The van der Waals surface area contributed by atoms with Crippen LogP contribution in [0.4, 0.5) is 0 Å². The zero-order chi connectivity index (χ0) is 20.1. The molecular weight excluding hydrogens is 356 g/mol. The highest BCUT2D eigenvalue weighted by molar-refractivity contribution is 5.93. The van der Waals surface area contributed by atoms with Crippen molar-refractivity contribution in [3.63, 3.8) is 0 Å². The number of carbonyl (C=O) groups is 1. The van der Waals surface area contributed by atoms with Gasteiger partial charge in [0.2, 0.25) is 0 Å². The second kappa shape index (κ2) is 6.54. The smallest absolute Gasteiger partial charge is 0.276 e. The van der Waals surface area contributed by atoms with Crippen LogP contribution < -0.4 is 9.47 Å². The molecule has 6 heteroatoms. The molecule has 1 aromatic carbocycles. The molecule has 2 bridgehead atoms. The summed E-state index contributed by atoms with van der Waals surface area (Å²) in [5, 5.41) is 4.07. The number of aromatic nitrogens is 1. The first-order valence-corrected chi connectivity index (χ1v) is 9.74. The minimum absolute atomic E-state index is 0.0399. The molecule has 2 aromatic rings. The molecule has 1 amide bonds. The largest absolute Gasteiger partial charge is 0.493 e. The van der Waals surface area contributed by atoms with Crippen LogP contribution in [0.2, 0.25) is 0 Å². The molecule has 1 saturated heterocycles. The maximum Gasteiger partial charge on any atom is 0.276 e. The predicted molar refractivity (Wildman–Crippen MR) is 106 cm³/mol. The SMILES string of the molecule is COc1ccc(-c2cc(C(=O)N3C[C@]4(C)C[C@@H]3CC(C)(C)C4)no2)cc1OC. The van der Waals surface area contributed by atoms with Crippen LogP contribution in [0.15, 0.2) is 28.8 Å². The minimum atomic E-state index is -0.0399. The third kappa shape index (κ3) is 3.25. The average molecular weight is 384 g/mol. The number of carbonyl (C=O) groups excluding carboxylic acids is 1. The van der Waals surface area contributed by atoms with Gasteiger partial charge in [-0.1, -0.05) is 25.9 Å². The predicted octanol–water partition coefficient (Wildman–Crippen LogP) is 4.40. The van der Waals surface area contributed by atoms with Gasteiger partial charge in [-0.25, -0.2) is 0 Å². The van der Waals surface area contributed by atoms with Gasteiger partial charge in [0.05, 0.1) is 14.2 Å². The van der Waals surface area contributed by atoms with Gasteiger partial charge in [0.25, 0.3) is 5.91 Å². The second-order valence-corrected chi connectivity index (χ2v) is 9.29. The summed E-state index contributed by atoms with van der Waals surface area (Å²) in [5.41, 5.74) is 1.61. The number of hydrogen-bond acceptors (Lipinski definition) is 5. The molecule has 1 aromatic heterocycles. The Hall–Kier alpha value is -2.50. The van der Waals surface area contributed by atoms with E-state index in [-0.39, 0.29) is 22.8 Å². The first kappa shape index (κ1) is 18.8. The zero-order valence-electron chi connectivity index (χ0n) is 17.2. The summed E-state index contributed by atoms with van der Waals surface area (Å²) >= 11 is 0. The molecule has 28 heavy (non-hydrogen) atoms. The lowest BCUT2D eigenvalue weighted by Crippen LogP contribution is -2.37. The fourth-order valence-corrected chi connectivity index (χ4v) is 5.35. The van der Waals surface area contributed by atoms with Crippen molar-refractivity contribution >= 4 is 5.91 Å². The maximum absolute atomic E-state index is 13.2. The molecule has 4 rings (SSSR count). The molecule has 6 nitrogen and oxygen atoms in total. The summed E-state index contributed by atoms with van der Waals surface area (Å²) in [6.07, 6.45) is 3.26. The quantitative estimate of drug-likeness (QED) is 0.782. The Morgan fingerprint density at radius 3 is 2.61 bits per heavy atom. The van der Waals surface area contributed by atoms with Crippen molar-refractivity contribution in [2.75, 3.05) is 20.8 Å². The molecule has 0 spiro atoms. The van der Waals surface area contributed by atoms with Crippen LogP contribution >= 0.6 is 0 Å². The molecule has 150 valence electrons. The van der Waals surface area contributed by atoms with Crippen LogP contribution in [0.1, 0.15) is 50.5 Å². The van der Waals surface area contributed by atoms with Gasteiger partial charge in [-0.2, -0.15) is 0 Å². The number of likely N-dealkylation sites (tertiary alicyclic amines) is 1. The van der Waals surface area contributed by atoms with Gasteiger partial charge in [0, 0.05) is 24.2 Å². The van der Waals surface area contributed by atoms with Crippen molar-refractivity contribution in [2.45, 2.75) is 46.1 Å². The first-order valence-electron chi connectivity index (χ1n) is 9.74. The van der Waals surface area contributed by atoms with Crippen LogP contribution in [0, 0.1) is 10.8 Å². The standard InChI is InChI=1S/C22H28N2O4/c1-21(2)10-15-11-22(3,12-21)13-24(15)20(25)16-9-18(28-23-16)14-6-7-17(26-4)19(8-14)27-5/h6-9,15H,10-13H2,1-5H3/t15-,22+/m0/s1. The Morgan fingerprint density at radius 2 is 1.89 bits per heavy atom. The summed E-state index contributed by atoms with van der Waals surface area (Å²) in [4.78, 5) is 15.2. The number of nitrogens with zero attached hydrogens (tertiary/aromatic N) is 2. The van der Waals surface area contributed by atoms with Gasteiger partial charge in [0.1, 0.15) is 0 Å². The van der Waals surface area contributed by atoms with E-state index in [2.05, 4.69) is 25.9 Å². The lowest BCUT2D eigenvalue weighted by Gasteiger charge is -2.39. The van der Waals surface area contributed by atoms with E-state index < -0.39 is 0 Å². The fraction of sp³-hybridized carbons (Fsp3) is 0.545. The number of methoxy groups -OCH3 is 2. The summed E-state index contributed by atoms with van der Waals surface area (Å²) in [7, 11) is 3.18. The van der Waals surface area contributed by atoms with Gasteiger partial charge >= 0.3 is 0 Å². The molecule has 2 atom stereocenters. The van der Waals surface area contributed by atoms with E-state index in [4.69, 9.17) is 14.0 Å².